The third-order valence-corrected chi connectivity index (χ3v) is 5.76. The van der Waals surface area contributed by atoms with Gasteiger partial charge >= 0.3 is 0 Å². The lowest BCUT2D eigenvalue weighted by atomic mass is 9.97. The number of rotatable bonds is 7. The van der Waals surface area contributed by atoms with E-state index in [9.17, 15) is 13.5 Å². The van der Waals surface area contributed by atoms with Gasteiger partial charge in [-0.15, -0.1) is 0 Å². The highest BCUT2D eigenvalue weighted by Crippen LogP contribution is 2.21. The fraction of sp³-hybridized carbons (Fsp3) is 0.250. The fourth-order valence-electron chi connectivity index (χ4n) is 2.77. The average molecular weight is 370 g/mol. The Bertz CT molecular complexity index is 981. The van der Waals surface area contributed by atoms with Gasteiger partial charge in [-0.2, -0.15) is 0 Å². The molecule has 0 aliphatic rings. The fourth-order valence-corrected chi connectivity index (χ4v) is 4.11. The van der Waals surface area contributed by atoms with Gasteiger partial charge in [0.15, 0.2) is 0 Å². The maximum Gasteiger partial charge on any atom is 0.242 e. The topological polar surface area (TPSA) is 79.3 Å². The molecule has 1 unspecified atom stereocenters. The van der Waals surface area contributed by atoms with Gasteiger partial charge in [-0.05, 0) is 37.5 Å². The molecule has 0 aliphatic carbocycles. The first-order valence-electron chi connectivity index (χ1n) is 8.47. The van der Waals surface area contributed by atoms with Crippen molar-refractivity contribution in [3.63, 3.8) is 0 Å². The smallest absolute Gasteiger partial charge is 0.242 e. The highest BCUT2D eigenvalue weighted by atomic mass is 32.2. The summed E-state index contributed by atoms with van der Waals surface area (Å²) in [6.45, 7) is 1.57. The standard InChI is InChI=1S/C20H22N2O3S/c1-20(23,13-12-16-7-3-2-4-8-16)15-22-26(24,25)18-11-5-9-17-10-6-14-21-19(17)18/h2-11,14,22-23H,12-13,15H2,1H3. The van der Waals surface area contributed by atoms with Gasteiger partial charge < -0.3 is 5.11 Å². The SMILES string of the molecule is CC(O)(CCc1ccccc1)CNS(=O)(=O)c1cccc2cccnc12. The molecule has 3 aromatic rings. The van der Waals surface area contributed by atoms with Crippen LogP contribution in [0.3, 0.4) is 0 Å². The second-order valence-electron chi connectivity index (χ2n) is 6.64. The summed E-state index contributed by atoms with van der Waals surface area (Å²) in [5.41, 5.74) is 0.376. The van der Waals surface area contributed by atoms with Crippen LogP contribution in [0.15, 0.2) is 71.8 Å². The van der Waals surface area contributed by atoms with Crippen LogP contribution in [-0.2, 0) is 16.4 Å². The molecule has 0 bridgehead atoms. The van der Waals surface area contributed by atoms with Crippen LogP contribution in [0.25, 0.3) is 10.9 Å². The first-order valence-corrected chi connectivity index (χ1v) is 9.95. The largest absolute Gasteiger partial charge is 0.389 e. The molecule has 136 valence electrons. The number of benzene rings is 2. The number of fused-ring (bicyclic) bond motifs is 1. The summed E-state index contributed by atoms with van der Waals surface area (Å²) < 4.78 is 27.9. The molecule has 0 fully saturated rings. The Kier molecular flexibility index (Phi) is 5.36. The highest BCUT2D eigenvalue weighted by molar-refractivity contribution is 7.89. The number of aromatic nitrogens is 1. The number of para-hydroxylation sites is 1. The third kappa shape index (κ3) is 4.46. The maximum atomic E-state index is 12.7. The van der Waals surface area contributed by atoms with Crippen molar-refractivity contribution in [3.8, 4) is 0 Å². The van der Waals surface area contributed by atoms with Crippen LogP contribution >= 0.6 is 0 Å². The summed E-state index contributed by atoms with van der Waals surface area (Å²) in [6, 6.07) is 18.4. The van der Waals surface area contributed by atoms with E-state index in [1.54, 1.807) is 25.3 Å². The molecule has 1 heterocycles. The molecule has 3 rings (SSSR count). The number of hydrogen-bond donors (Lipinski definition) is 2. The zero-order chi connectivity index (χ0) is 18.6. The molecular weight excluding hydrogens is 348 g/mol. The number of sulfonamides is 1. The van der Waals surface area contributed by atoms with Crippen LogP contribution < -0.4 is 4.72 Å². The summed E-state index contributed by atoms with van der Waals surface area (Å²) in [6.07, 6.45) is 2.69. The van der Waals surface area contributed by atoms with Crippen molar-refractivity contribution in [1.29, 1.82) is 0 Å². The predicted octanol–water partition coefficient (Wildman–Crippen LogP) is 2.90. The normalized spacial score (nSPS) is 14.2. The van der Waals surface area contributed by atoms with Gasteiger partial charge in [0.2, 0.25) is 10.0 Å². The first-order chi connectivity index (χ1) is 12.4. The lowest BCUT2D eigenvalue weighted by molar-refractivity contribution is 0.0565. The second-order valence-corrected chi connectivity index (χ2v) is 8.37. The van der Waals surface area contributed by atoms with Crippen molar-refractivity contribution in [2.24, 2.45) is 0 Å². The van der Waals surface area contributed by atoms with E-state index in [0.717, 1.165) is 10.9 Å². The van der Waals surface area contributed by atoms with Crippen molar-refractivity contribution in [2.45, 2.75) is 30.3 Å². The molecule has 1 atom stereocenters. The Balaban J connectivity index is 1.71. The van der Waals surface area contributed by atoms with E-state index >= 15 is 0 Å². The van der Waals surface area contributed by atoms with Crippen LogP contribution in [0.2, 0.25) is 0 Å². The quantitative estimate of drug-likeness (QED) is 0.670. The zero-order valence-electron chi connectivity index (χ0n) is 14.6. The summed E-state index contributed by atoms with van der Waals surface area (Å²) >= 11 is 0. The van der Waals surface area contributed by atoms with Gasteiger partial charge in [0, 0.05) is 18.1 Å². The zero-order valence-corrected chi connectivity index (χ0v) is 15.4. The first kappa shape index (κ1) is 18.5. The van der Waals surface area contributed by atoms with Crippen LogP contribution in [0.1, 0.15) is 18.9 Å². The summed E-state index contributed by atoms with van der Waals surface area (Å²) in [7, 11) is -3.78. The van der Waals surface area contributed by atoms with Crippen LogP contribution in [0, 0.1) is 0 Å². The number of aryl methyl sites for hydroxylation is 1. The Hall–Kier alpha value is -2.28. The molecule has 5 nitrogen and oxygen atoms in total. The van der Waals surface area contributed by atoms with Gasteiger partial charge in [0.05, 0.1) is 11.1 Å². The number of aliphatic hydroxyl groups is 1. The highest BCUT2D eigenvalue weighted by Gasteiger charge is 2.25. The number of nitrogens with zero attached hydrogens (tertiary/aromatic N) is 1. The molecule has 6 heteroatoms. The van der Waals surface area contributed by atoms with Crippen molar-refractivity contribution in [2.75, 3.05) is 6.54 Å². The molecule has 26 heavy (non-hydrogen) atoms. The van der Waals surface area contributed by atoms with Crippen LogP contribution in [-0.4, -0.2) is 30.7 Å². The van der Waals surface area contributed by atoms with Crippen molar-refractivity contribution < 1.29 is 13.5 Å². The van der Waals surface area contributed by atoms with Crippen LogP contribution in [0.5, 0.6) is 0 Å². The molecule has 2 N–H and O–H groups in total. The summed E-state index contributed by atoms with van der Waals surface area (Å²) in [5.74, 6) is 0. The Morgan fingerprint density at radius 2 is 1.77 bits per heavy atom. The molecule has 0 spiro atoms. The molecule has 2 aromatic carbocycles. The van der Waals surface area contributed by atoms with Gasteiger partial charge in [-0.1, -0.05) is 48.5 Å². The molecule has 0 saturated heterocycles. The second kappa shape index (κ2) is 7.53. The third-order valence-electron chi connectivity index (χ3n) is 4.32. The minimum absolute atomic E-state index is 0.0641. The van der Waals surface area contributed by atoms with Gasteiger partial charge in [0.1, 0.15) is 4.90 Å². The molecule has 0 aliphatic heterocycles. The Morgan fingerprint density at radius 1 is 1.04 bits per heavy atom. The monoisotopic (exact) mass is 370 g/mol. The Labute approximate surface area is 153 Å². The molecule has 1 aromatic heterocycles. The molecule has 0 radical (unpaired) electrons. The van der Waals surface area contributed by atoms with E-state index in [1.807, 2.05) is 42.5 Å². The van der Waals surface area contributed by atoms with Gasteiger partial charge in [-0.3, -0.25) is 4.98 Å². The van der Waals surface area contributed by atoms with Gasteiger partial charge in [-0.25, -0.2) is 13.1 Å². The predicted molar refractivity (Wildman–Crippen MR) is 102 cm³/mol. The molecular formula is C20H22N2O3S. The van der Waals surface area contributed by atoms with E-state index < -0.39 is 15.6 Å². The average Bonchev–Trinajstić information content (AvgIpc) is 2.65. The van der Waals surface area contributed by atoms with E-state index in [4.69, 9.17) is 0 Å². The van der Waals surface area contributed by atoms with Crippen molar-refractivity contribution in [1.82, 2.24) is 9.71 Å². The summed E-state index contributed by atoms with van der Waals surface area (Å²) in [5, 5.41) is 11.3. The van der Waals surface area contributed by atoms with Crippen LogP contribution in [0.4, 0.5) is 0 Å². The van der Waals surface area contributed by atoms with Crippen molar-refractivity contribution >= 4 is 20.9 Å². The molecule has 0 amide bonds. The molecule has 0 saturated carbocycles. The maximum absolute atomic E-state index is 12.7. The number of hydrogen-bond acceptors (Lipinski definition) is 4. The van der Waals surface area contributed by atoms with E-state index in [2.05, 4.69) is 9.71 Å². The Morgan fingerprint density at radius 3 is 2.54 bits per heavy atom. The van der Waals surface area contributed by atoms with Crippen molar-refractivity contribution in [3.05, 3.63) is 72.4 Å². The van der Waals surface area contributed by atoms with Gasteiger partial charge in [0.25, 0.3) is 0 Å². The van der Waals surface area contributed by atoms with E-state index in [-0.39, 0.29) is 11.4 Å². The lowest BCUT2D eigenvalue weighted by Crippen LogP contribution is -2.41. The minimum Gasteiger partial charge on any atom is -0.389 e. The number of nitrogens with one attached hydrogen (secondary N) is 1. The number of pyridine rings is 1. The lowest BCUT2D eigenvalue weighted by Gasteiger charge is -2.23. The van der Waals surface area contributed by atoms with E-state index in [0.29, 0.717) is 18.4 Å². The summed E-state index contributed by atoms with van der Waals surface area (Å²) in [4.78, 5) is 4.31. The van der Waals surface area contributed by atoms with E-state index in [1.165, 1.54) is 6.07 Å². The minimum atomic E-state index is -3.78.